The Morgan fingerprint density at radius 3 is 2.24 bits per heavy atom. The van der Waals surface area contributed by atoms with Gasteiger partial charge >= 0.3 is 0 Å². The third kappa shape index (κ3) is 3.83. The highest BCUT2D eigenvalue weighted by molar-refractivity contribution is 7.88. The molecular weight excluding hydrogens is 230 g/mol. The molecular formula is C14H17NOS. The molecule has 0 radical (unpaired) electrons. The third-order valence-corrected chi connectivity index (χ3v) is 3.59. The van der Waals surface area contributed by atoms with Crippen molar-refractivity contribution in [3.63, 3.8) is 0 Å². The van der Waals surface area contributed by atoms with Gasteiger partial charge in [-0.25, -0.2) is 4.21 Å². The zero-order chi connectivity index (χ0) is 13.1. The summed E-state index contributed by atoms with van der Waals surface area (Å²) in [7, 11) is -1.25. The van der Waals surface area contributed by atoms with Crippen molar-refractivity contribution < 1.29 is 4.21 Å². The minimum atomic E-state index is -1.25. The molecule has 0 aliphatic carbocycles. The fourth-order valence-corrected chi connectivity index (χ4v) is 2.38. The lowest BCUT2D eigenvalue weighted by Gasteiger charge is -2.16. The van der Waals surface area contributed by atoms with Crippen molar-refractivity contribution in [3.05, 3.63) is 40.8 Å². The van der Waals surface area contributed by atoms with Gasteiger partial charge in [-0.2, -0.15) is 5.26 Å². The van der Waals surface area contributed by atoms with Crippen LogP contribution in [0.4, 0.5) is 0 Å². The van der Waals surface area contributed by atoms with Crippen molar-refractivity contribution in [2.45, 2.75) is 32.6 Å². The molecule has 0 aliphatic rings. The van der Waals surface area contributed by atoms with Crippen LogP contribution in [-0.4, -0.2) is 4.21 Å². The number of hydrogen-bond acceptors (Lipinski definition) is 2. The van der Waals surface area contributed by atoms with Crippen molar-refractivity contribution in [2.24, 2.45) is 5.41 Å². The number of benzene rings is 1. The van der Waals surface area contributed by atoms with E-state index in [2.05, 4.69) is 6.07 Å². The van der Waals surface area contributed by atoms with E-state index >= 15 is 0 Å². The summed E-state index contributed by atoms with van der Waals surface area (Å²) in [4.78, 5) is 0.729. The number of rotatable bonds is 2. The highest BCUT2D eigenvalue weighted by Gasteiger charge is 2.18. The molecule has 0 aromatic heterocycles. The normalized spacial score (nSPS) is 14.2. The van der Waals surface area contributed by atoms with Crippen LogP contribution in [0.3, 0.4) is 0 Å². The molecule has 17 heavy (non-hydrogen) atoms. The zero-order valence-electron chi connectivity index (χ0n) is 10.7. The molecule has 1 unspecified atom stereocenters. The largest absolute Gasteiger partial charge is 0.250 e. The number of aryl methyl sites for hydroxylation is 1. The second-order valence-electron chi connectivity index (χ2n) is 5.00. The predicted octanol–water partition coefficient (Wildman–Crippen LogP) is 3.56. The fraction of sp³-hybridized carbons (Fsp3) is 0.357. The van der Waals surface area contributed by atoms with Gasteiger partial charge in [0, 0.05) is 15.9 Å². The molecule has 1 rings (SSSR count). The molecule has 0 heterocycles. The Morgan fingerprint density at radius 1 is 1.29 bits per heavy atom. The average molecular weight is 247 g/mol. The summed E-state index contributed by atoms with van der Waals surface area (Å²) in [5.74, 6) is 0. The Labute approximate surface area is 105 Å². The van der Waals surface area contributed by atoms with Gasteiger partial charge in [-0.3, -0.25) is 0 Å². The second-order valence-corrected chi connectivity index (χ2v) is 6.31. The van der Waals surface area contributed by atoms with Crippen LogP contribution in [0.25, 0.3) is 0 Å². The molecule has 0 fully saturated rings. The van der Waals surface area contributed by atoms with Gasteiger partial charge in [-0.1, -0.05) is 38.5 Å². The van der Waals surface area contributed by atoms with Crippen molar-refractivity contribution in [1.82, 2.24) is 0 Å². The van der Waals surface area contributed by atoms with E-state index in [1.165, 1.54) is 0 Å². The monoisotopic (exact) mass is 247 g/mol. The molecule has 0 spiro atoms. The first-order valence-corrected chi connectivity index (χ1v) is 6.65. The van der Waals surface area contributed by atoms with E-state index in [4.69, 9.17) is 5.26 Å². The smallest absolute Gasteiger partial charge is 0.0959 e. The van der Waals surface area contributed by atoms with Crippen LogP contribution < -0.4 is 0 Å². The summed E-state index contributed by atoms with van der Waals surface area (Å²) in [5, 5.41) is 10.6. The molecule has 0 bridgehead atoms. The first kappa shape index (κ1) is 13.7. The van der Waals surface area contributed by atoms with Crippen LogP contribution in [0.15, 0.2) is 40.1 Å². The van der Waals surface area contributed by atoms with E-state index in [0.29, 0.717) is 5.57 Å². The average Bonchev–Trinajstić information content (AvgIpc) is 2.24. The van der Waals surface area contributed by atoms with Crippen LogP contribution >= 0.6 is 0 Å². The van der Waals surface area contributed by atoms with E-state index in [-0.39, 0.29) is 5.41 Å². The van der Waals surface area contributed by atoms with Gasteiger partial charge < -0.3 is 0 Å². The summed E-state index contributed by atoms with van der Waals surface area (Å²) in [6.07, 6.45) is 0. The Bertz CT molecular complexity index is 486. The summed E-state index contributed by atoms with van der Waals surface area (Å²) < 4.78 is 12.1. The zero-order valence-corrected chi connectivity index (χ0v) is 11.5. The maximum absolute atomic E-state index is 12.1. The van der Waals surface area contributed by atoms with Gasteiger partial charge in [-0.05, 0) is 24.5 Å². The highest BCUT2D eigenvalue weighted by Crippen LogP contribution is 2.25. The van der Waals surface area contributed by atoms with Crippen molar-refractivity contribution in [1.29, 1.82) is 5.26 Å². The topological polar surface area (TPSA) is 40.9 Å². The molecule has 3 heteroatoms. The number of nitriles is 1. The summed E-state index contributed by atoms with van der Waals surface area (Å²) in [6.45, 7) is 7.80. The minimum Gasteiger partial charge on any atom is -0.250 e. The first-order chi connectivity index (χ1) is 7.84. The van der Waals surface area contributed by atoms with Crippen molar-refractivity contribution in [2.75, 3.05) is 0 Å². The van der Waals surface area contributed by atoms with Gasteiger partial charge in [0.05, 0.1) is 16.9 Å². The minimum absolute atomic E-state index is 0.269. The van der Waals surface area contributed by atoms with E-state index in [0.717, 1.165) is 10.5 Å². The van der Waals surface area contributed by atoms with Crippen LogP contribution in [-0.2, 0) is 10.8 Å². The standard InChI is InChI=1S/C14H17NOS/c1-11-5-7-13(8-6-11)17(16)10-12(9-15)14(2,3)4/h5-8,10H,1-4H3/b12-10+. The maximum atomic E-state index is 12.1. The van der Waals surface area contributed by atoms with E-state index in [1.807, 2.05) is 52.0 Å². The van der Waals surface area contributed by atoms with E-state index in [1.54, 1.807) is 5.41 Å². The summed E-state index contributed by atoms with van der Waals surface area (Å²) >= 11 is 0. The molecule has 0 saturated heterocycles. The molecule has 1 aromatic carbocycles. The molecule has 2 nitrogen and oxygen atoms in total. The van der Waals surface area contributed by atoms with Crippen LogP contribution in [0.1, 0.15) is 26.3 Å². The Balaban J connectivity index is 3.03. The molecule has 1 atom stereocenters. The molecule has 90 valence electrons. The fourth-order valence-electron chi connectivity index (χ4n) is 1.22. The molecule has 0 amide bonds. The Hall–Kier alpha value is -1.40. The summed E-state index contributed by atoms with van der Waals surface area (Å²) in [5.41, 5.74) is 1.41. The van der Waals surface area contributed by atoms with Crippen molar-refractivity contribution >= 4 is 10.8 Å². The van der Waals surface area contributed by atoms with E-state index < -0.39 is 10.8 Å². The van der Waals surface area contributed by atoms with Gasteiger partial charge in [-0.15, -0.1) is 0 Å². The molecule has 0 N–H and O–H groups in total. The van der Waals surface area contributed by atoms with Gasteiger partial charge in [0.25, 0.3) is 0 Å². The lowest BCUT2D eigenvalue weighted by atomic mass is 9.89. The third-order valence-electron chi connectivity index (χ3n) is 2.41. The number of allylic oxidation sites excluding steroid dienone is 1. The first-order valence-electron chi connectivity index (χ1n) is 5.44. The number of hydrogen-bond donors (Lipinski definition) is 0. The van der Waals surface area contributed by atoms with Crippen molar-refractivity contribution in [3.8, 4) is 6.07 Å². The van der Waals surface area contributed by atoms with Gasteiger partial charge in [0.2, 0.25) is 0 Å². The Kier molecular flexibility index (Phi) is 4.25. The lowest BCUT2D eigenvalue weighted by molar-refractivity contribution is 0.520. The Morgan fingerprint density at radius 2 is 1.82 bits per heavy atom. The van der Waals surface area contributed by atoms with Gasteiger partial charge in [0.15, 0.2) is 0 Å². The molecule has 0 aliphatic heterocycles. The van der Waals surface area contributed by atoms with Crippen LogP contribution in [0.2, 0.25) is 0 Å². The van der Waals surface area contributed by atoms with Crippen LogP contribution in [0.5, 0.6) is 0 Å². The predicted molar refractivity (Wildman–Crippen MR) is 70.7 cm³/mol. The quantitative estimate of drug-likeness (QED) is 0.750. The van der Waals surface area contributed by atoms with Gasteiger partial charge in [0.1, 0.15) is 0 Å². The maximum Gasteiger partial charge on any atom is 0.0959 e. The second kappa shape index (κ2) is 5.29. The van der Waals surface area contributed by atoms with Crippen LogP contribution in [0, 0.1) is 23.7 Å². The molecule has 0 saturated carbocycles. The number of nitrogens with zero attached hydrogens (tertiary/aromatic N) is 1. The molecule has 1 aromatic rings. The lowest BCUT2D eigenvalue weighted by Crippen LogP contribution is -2.08. The van der Waals surface area contributed by atoms with E-state index in [9.17, 15) is 4.21 Å². The summed E-state index contributed by atoms with van der Waals surface area (Å²) in [6, 6.07) is 9.63. The highest BCUT2D eigenvalue weighted by atomic mass is 32.2. The SMILES string of the molecule is Cc1ccc(S(=O)/C=C(\C#N)C(C)(C)C)cc1.